The Morgan fingerprint density at radius 2 is 2.05 bits per heavy atom. The topological polar surface area (TPSA) is 43.4 Å². The molecule has 5 heteroatoms. The highest BCUT2D eigenvalue weighted by Gasteiger charge is 2.18. The van der Waals surface area contributed by atoms with Gasteiger partial charge in [0.1, 0.15) is 19.0 Å². The van der Waals surface area contributed by atoms with Gasteiger partial charge in [0, 0.05) is 23.4 Å². The summed E-state index contributed by atoms with van der Waals surface area (Å²) in [5.74, 6) is 4.99. The number of pyridine rings is 1. The second kappa shape index (κ2) is 5.05. The molecule has 2 aromatic rings. The Morgan fingerprint density at radius 3 is 2.85 bits per heavy atom. The van der Waals surface area contributed by atoms with Crippen LogP contribution in [0.4, 0.5) is 5.82 Å². The molecule has 2 aliphatic rings. The summed E-state index contributed by atoms with van der Waals surface area (Å²) in [6.07, 6.45) is 3.05. The molecular weight excluding hydrogens is 272 g/mol. The van der Waals surface area contributed by atoms with Gasteiger partial charge in [0.25, 0.3) is 0 Å². The molecule has 1 N–H and O–H groups in total. The molecule has 4 nitrogen and oxygen atoms in total. The van der Waals surface area contributed by atoms with Gasteiger partial charge in [-0.05, 0) is 35.8 Å². The van der Waals surface area contributed by atoms with Gasteiger partial charge in [-0.25, -0.2) is 4.98 Å². The van der Waals surface area contributed by atoms with Crippen molar-refractivity contribution in [1.82, 2.24) is 4.98 Å². The van der Waals surface area contributed by atoms with E-state index in [0.717, 1.165) is 33.8 Å². The van der Waals surface area contributed by atoms with Crippen LogP contribution in [0.1, 0.15) is 6.42 Å². The summed E-state index contributed by atoms with van der Waals surface area (Å²) in [6, 6.07) is 6.62. The Kier molecular flexibility index (Phi) is 3.07. The zero-order chi connectivity index (χ0) is 13.4. The number of rotatable bonds is 2. The van der Waals surface area contributed by atoms with Gasteiger partial charge in [-0.2, -0.15) is 11.8 Å². The lowest BCUT2D eigenvalue weighted by atomic mass is 10.1. The monoisotopic (exact) mass is 288 g/mol. The Labute approximate surface area is 121 Å². The molecule has 1 aromatic carbocycles. The fourth-order valence-corrected chi connectivity index (χ4v) is 3.82. The number of thioether (sulfide) groups is 1. The molecule has 1 saturated heterocycles. The number of hydrogen-bond donors (Lipinski definition) is 1. The lowest BCUT2D eigenvalue weighted by molar-refractivity contribution is 0.172. The summed E-state index contributed by atoms with van der Waals surface area (Å²) in [7, 11) is 0. The molecule has 0 aliphatic carbocycles. The number of nitrogens with one attached hydrogen (secondary N) is 1. The van der Waals surface area contributed by atoms with Gasteiger partial charge in [0.15, 0.2) is 11.5 Å². The summed E-state index contributed by atoms with van der Waals surface area (Å²) in [5, 5.41) is 5.80. The molecule has 0 bridgehead atoms. The third-order valence-corrected chi connectivity index (χ3v) is 4.86. The van der Waals surface area contributed by atoms with Crippen molar-refractivity contribution >= 4 is 28.4 Å². The fourth-order valence-electron chi connectivity index (χ4n) is 2.67. The largest absolute Gasteiger partial charge is 0.486 e. The fraction of sp³-hybridized carbons (Fsp3) is 0.400. The molecule has 1 fully saturated rings. The second-order valence-electron chi connectivity index (χ2n) is 5.08. The van der Waals surface area contributed by atoms with Crippen LogP contribution in [-0.2, 0) is 0 Å². The van der Waals surface area contributed by atoms with Crippen molar-refractivity contribution in [3.63, 3.8) is 0 Å². The van der Waals surface area contributed by atoms with Gasteiger partial charge >= 0.3 is 0 Å². The number of benzene rings is 1. The van der Waals surface area contributed by atoms with Crippen LogP contribution in [0.2, 0.25) is 0 Å². The third-order valence-electron chi connectivity index (χ3n) is 3.70. The van der Waals surface area contributed by atoms with Gasteiger partial charge in [-0.15, -0.1) is 0 Å². The first kappa shape index (κ1) is 12.1. The minimum absolute atomic E-state index is 0.520. The molecule has 1 unspecified atom stereocenters. The van der Waals surface area contributed by atoms with Gasteiger partial charge in [-0.3, -0.25) is 0 Å². The first-order valence-corrected chi connectivity index (χ1v) is 8.08. The average Bonchev–Trinajstić information content (AvgIpc) is 2.99. The molecule has 1 aromatic heterocycles. The highest BCUT2D eigenvalue weighted by molar-refractivity contribution is 7.99. The minimum Gasteiger partial charge on any atom is -0.486 e. The lowest BCUT2D eigenvalue weighted by Crippen LogP contribution is -2.19. The SMILES string of the molecule is c1cc2cc3c(cc2c(NC2CCSC2)n1)OCCO3. The number of hydrogen-bond acceptors (Lipinski definition) is 5. The van der Waals surface area contributed by atoms with E-state index in [2.05, 4.69) is 10.3 Å². The number of ether oxygens (including phenoxy) is 2. The van der Waals surface area contributed by atoms with Crippen molar-refractivity contribution < 1.29 is 9.47 Å². The van der Waals surface area contributed by atoms with Crippen LogP contribution in [0.15, 0.2) is 24.4 Å². The Morgan fingerprint density at radius 1 is 1.20 bits per heavy atom. The van der Waals surface area contributed by atoms with E-state index in [9.17, 15) is 0 Å². The van der Waals surface area contributed by atoms with E-state index < -0.39 is 0 Å². The maximum atomic E-state index is 5.67. The molecule has 0 radical (unpaired) electrons. The Hall–Kier alpha value is -1.62. The van der Waals surface area contributed by atoms with E-state index in [4.69, 9.17) is 9.47 Å². The second-order valence-corrected chi connectivity index (χ2v) is 6.23. The number of nitrogens with zero attached hydrogens (tertiary/aromatic N) is 1. The molecule has 0 saturated carbocycles. The standard InChI is InChI=1S/C15H16N2O2S/c1-3-16-15(17-11-2-6-20-9-11)12-8-14-13(7-10(1)12)18-4-5-19-14/h1,3,7-8,11H,2,4-6,9H2,(H,16,17). The van der Waals surface area contributed by atoms with Crippen LogP contribution in [0.25, 0.3) is 10.8 Å². The smallest absolute Gasteiger partial charge is 0.162 e. The normalized spacial score (nSPS) is 21.1. The molecule has 3 heterocycles. The van der Waals surface area contributed by atoms with Gasteiger partial charge < -0.3 is 14.8 Å². The summed E-state index contributed by atoms with van der Waals surface area (Å²) in [5.41, 5.74) is 0. The number of aromatic nitrogens is 1. The minimum atomic E-state index is 0.520. The zero-order valence-corrected chi connectivity index (χ0v) is 11.9. The molecule has 104 valence electrons. The summed E-state index contributed by atoms with van der Waals surface area (Å²) in [6.45, 7) is 1.23. The van der Waals surface area contributed by atoms with E-state index in [0.29, 0.717) is 19.3 Å². The van der Waals surface area contributed by atoms with Crippen LogP contribution in [0.5, 0.6) is 11.5 Å². The van der Waals surface area contributed by atoms with Crippen molar-refractivity contribution in [2.75, 3.05) is 30.0 Å². The first-order chi connectivity index (χ1) is 9.90. The van der Waals surface area contributed by atoms with Gasteiger partial charge in [-0.1, -0.05) is 0 Å². The quantitative estimate of drug-likeness (QED) is 0.920. The third kappa shape index (κ3) is 2.16. The average molecular weight is 288 g/mol. The van der Waals surface area contributed by atoms with Gasteiger partial charge in [0.2, 0.25) is 0 Å². The maximum absolute atomic E-state index is 5.67. The van der Waals surface area contributed by atoms with E-state index in [1.807, 2.05) is 36.2 Å². The first-order valence-electron chi connectivity index (χ1n) is 6.93. The molecule has 4 rings (SSSR count). The van der Waals surface area contributed by atoms with Crippen LogP contribution in [-0.4, -0.2) is 35.7 Å². The van der Waals surface area contributed by atoms with Crippen molar-refractivity contribution in [1.29, 1.82) is 0 Å². The van der Waals surface area contributed by atoms with E-state index in [-0.39, 0.29) is 0 Å². The molecule has 20 heavy (non-hydrogen) atoms. The molecule has 0 spiro atoms. The molecular formula is C15H16N2O2S. The van der Waals surface area contributed by atoms with E-state index in [1.54, 1.807) is 0 Å². The molecule has 2 aliphatic heterocycles. The summed E-state index contributed by atoms with van der Waals surface area (Å²) >= 11 is 1.99. The van der Waals surface area contributed by atoms with Gasteiger partial charge in [0.05, 0.1) is 0 Å². The summed E-state index contributed by atoms with van der Waals surface area (Å²) < 4.78 is 11.3. The maximum Gasteiger partial charge on any atom is 0.162 e. The van der Waals surface area contributed by atoms with Crippen molar-refractivity contribution in [3.05, 3.63) is 24.4 Å². The Bertz CT molecular complexity index is 641. The molecule has 0 amide bonds. The lowest BCUT2D eigenvalue weighted by Gasteiger charge is -2.20. The van der Waals surface area contributed by atoms with Crippen molar-refractivity contribution in [2.24, 2.45) is 0 Å². The number of fused-ring (bicyclic) bond motifs is 2. The van der Waals surface area contributed by atoms with Crippen molar-refractivity contribution in [3.8, 4) is 11.5 Å². The van der Waals surface area contributed by atoms with Crippen LogP contribution < -0.4 is 14.8 Å². The Balaban J connectivity index is 1.76. The predicted molar refractivity (Wildman–Crippen MR) is 82.1 cm³/mol. The van der Waals surface area contributed by atoms with Crippen LogP contribution in [0.3, 0.4) is 0 Å². The van der Waals surface area contributed by atoms with Crippen LogP contribution in [0, 0.1) is 0 Å². The predicted octanol–water partition coefficient (Wildman–Crippen LogP) is 2.92. The van der Waals surface area contributed by atoms with Crippen LogP contribution >= 0.6 is 11.8 Å². The van der Waals surface area contributed by atoms with E-state index >= 15 is 0 Å². The highest BCUT2D eigenvalue weighted by atomic mass is 32.2. The summed E-state index contributed by atoms with van der Waals surface area (Å²) in [4.78, 5) is 4.50. The van der Waals surface area contributed by atoms with Crippen molar-refractivity contribution in [2.45, 2.75) is 12.5 Å². The molecule has 1 atom stereocenters. The number of anilines is 1. The zero-order valence-electron chi connectivity index (χ0n) is 11.1. The van der Waals surface area contributed by atoms with E-state index in [1.165, 1.54) is 12.2 Å². The highest BCUT2D eigenvalue weighted by Crippen LogP contribution is 2.37.